The molecule has 1 aromatic carbocycles. The predicted octanol–water partition coefficient (Wildman–Crippen LogP) is 3.24. The van der Waals surface area contributed by atoms with Crippen LogP contribution in [-0.2, 0) is 10.9 Å². The number of aliphatic hydroxyl groups is 1. The zero-order chi connectivity index (χ0) is 16.3. The van der Waals surface area contributed by atoms with Gasteiger partial charge in [-0.15, -0.1) is 0 Å². The van der Waals surface area contributed by atoms with Crippen LogP contribution in [0.5, 0.6) is 0 Å². The van der Waals surface area contributed by atoms with E-state index < -0.39 is 17.8 Å². The molecule has 0 saturated carbocycles. The molecule has 2 rings (SSSR count). The lowest BCUT2D eigenvalue weighted by Gasteiger charge is -2.25. The summed E-state index contributed by atoms with van der Waals surface area (Å²) in [5, 5.41) is 9.86. The molecule has 0 spiro atoms. The number of nitrogens with zero attached hydrogens (tertiary/aromatic N) is 1. The average Bonchev–Trinajstić information content (AvgIpc) is 2.79. The Morgan fingerprint density at radius 1 is 1.36 bits per heavy atom. The average molecular weight is 317 g/mol. The van der Waals surface area contributed by atoms with Gasteiger partial charge in [0.2, 0.25) is 0 Å². The van der Waals surface area contributed by atoms with Crippen LogP contribution in [0.1, 0.15) is 37.4 Å². The predicted molar refractivity (Wildman–Crippen MR) is 77.5 cm³/mol. The highest BCUT2D eigenvalue weighted by molar-refractivity contribution is 5.29. The quantitative estimate of drug-likeness (QED) is 0.905. The number of hydrogen-bond acceptors (Lipinski definition) is 3. The van der Waals surface area contributed by atoms with E-state index in [0.717, 1.165) is 6.07 Å². The molecule has 1 N–H and O–H groups in total. The number of ether oxygens (including phenoxy) is 1. The molecule has 1 heterocycles. The first kappa shape index (κ1) is 17.2. The van der Waals surface area contributed by atoms with Crippen LogP contribution in [0.25, 0.3) is 0 Å². The number of β-amino-alcohol motifs (C(OH)–C–C–N with tert-alkyl or cyclic N) is 1. The van der Waals surface area contributed by atoms with Crippen molar-refractivity contribution < 1.29 is 23.0 Å². The van der Waals surface area contributed by atoms with Gasteiger partial charge in [-0.3, -0.25) is 4.90 Å². The monoisotopic (exact) mass is 317 g/mol. The second-order valence-corrected chi connectivity index (χ2v) is 5.94. The first-order valence-electron chi connectivity index (χ1n) is 7.48. The molecule has 6 heteroatoms. The molecular formula is C16H22F3NO2. The lowest BCUT2D eigenvalue weighted by molar-refractivity contribution is -0.137. The van der Waals surface area contributed by atoms with Crippen LogP contribution in [0.4, 0.5) is 13.2 Å². The number of benzene rings is 1. The van der Waals surface area contributed by atoms with E-state index in [9.17, 15) is 18.3 Å². The molecule has 0 radical (unpaired) electrons. The minimum absolute atomic E-state index is 0.111. The molecular weight excluding hydrogens is 295 g/mol. The fraction of sp³-hybridized carbons (Fsp3) is 0.625. The third-order valence-corrected chi connectivity index (χ3v) is 3.81. The Hall–Kier alpha value is -1.11. The lowest BCUT2D eigenvalue weighted by Crippen LogP contribution is -2.29. The van der Waals surface area contributed by atoms with Crippen LogP contribution in [0.15, 0.2) is 24.3 Å². The zero-order valence-corrected chi connectivity index (χ0v) is 12.8. The van der Waals surface area contributed by atoms with Crippen LogP contribution < -0.4 is 0 Å². The van der Waals surface area contributed by atoms with Gasteiger partial charge in [0.1, 0.15) is 0 Å². The largest absolute Gasteiger partial charge is 0.416 e. The summed E-state index contributed by atoms with van der Waals surface area (Å²) in [6.45, 7) is 5.42. The molecule has 1 aromatic rings. The summed E-state index contributed by atoms with van der Waals surface area (Å²) in [5.41, 5.74) is -0.0549. The van der Waals surface area contributed by atoms with Crippen molar-refractivity contribution >= 4 is 0 Å². The lowest BCUT2D eigenvalue weighted by atomic mass is 10.0. The maximum atomic E-state index is 12.8. The van der Waals surface area contributed by atoms with E-state index in [1.807, 2.05) is 18.7 Å². The molecule has 0 aliphatic carbocycles. The van der Waals surface area contributed by atoms with Gasteiger partial charge in [-0.2, -0.15) is 13.2 Å². The first-order valence-corrected chi connectivity index (χ1v) is 7.48. The fourth-order valence-corrected chi connectivity index (χ4v) is 2.80. The smallest absolute Gasteiger partial charge is 0.392 e. The standard InChI is InChI=1S/C16H22F3NO2/c1-11(2)22-7-6-20-10-14(21)9-15(20)12-4-3-5-13(8-12)16(17,18)19/h3-5,8,11,14-15,21H,6-7,9-10H2,1-2H3. The molecule has 2 unspecified atom stereocenters. The summed E-state index contributed by atoms with van der Waals surface area (Å²) < 4.78 is 44.0. The molecule has 0 amide bonds. The van der Waals surface area contributed by atoms with Gasteiger partial charge in [0, 0.05) is 19.1 Å². The van der Waals surface area contributed by atoms with Crippen LogP contribution in [0.2, 0.25) is 0 Å². The zero-order valence-electron chi connectivity index (χ0n) is 12.8. The van der Waals surface area contributed by atoms with Crippen LogP contribution in [0.3, 0.4) is 0 Å². The molecule has 22 heavy (non-hydrogen) atoms. The van der Waals surface area contributed by atoms with Crippen LogP contribution in [-0.4, -0.2) is 41.9 Å². The van der Waals surface area contributed by atoms with E-state index >= 15 is 0 Å². The Balaban J connectivity index is 2.11. The number of aliphatic hydroxyl groups excluding tert-OH is 1. The van der Waals surface area contributed by atoms with E-state index in [2.05, 4.69) is 0 Å². The normalized spacial score (nSPS) is 23.4. The molecule has 1 saturated heterocycles. The van der Waals surface area contributed by atoms with Crippen molar-refractivity contribution in [2.24, 2.45) is 0 Å². The van der Waals surface area contributed by atoms with Crippen molar-refractivity contribution in [2.75, 3.05) is 19.7 Å². The highest BCUT2D eigenvalue weighted by Gasteiger charge is 2.35. The first-order chi connectivity index (χ1) is 10.3. The van der Waals surface area contributed by atoms with E-state index in [1.165, 1.54) is 12.1 Å². The third kappa shape index (κ3) is 4.44. The molecule has 124 valence electrons. The minimum Gasteiger partial charge on any atom is -0.392 e. The molecule has 1 aliphatic rings. The molecule has 0 aromatic heterocycles. The second kappa shape index (κ2) is 6.98. The maximum Gasteiger partial charge on any atom is 0.416 e. The van der Waals surface area contributed by atoms with E-state index in [4.69, 9.17) is 4.74 Å². The SMILES string of the molecule is CC(C)OCCN1CC(O)CC1c1cccc(C(F)(F)F)c1. The Bertz CT molecular complexity index is 491. The van der Waals surface area contributed by atoms with Gasteiger partial charge in [0.15, 0.2) is 0 Å². The molecule has 3 nitrogen and oxygen atoms in total. The van der Waals surface area contributed by atoms with Crippen molar-refractivity contribution in [2.45, 2.75) is 44.7 Å². The summed E-state index contributed by atoms with van der Waals surface area (Å²) in [5.74, 6) is 0. The van der Waals surface area contributed by atoms with Crippen molar-refractivity contribution in [3.8, 4) is 0 Å². The van der Waals surface area contributed by atoms with Crippen molar-refractivity contribution in [1.82, 2.24) is 4.90 Å². The molecule has 2 atom stereocenters. The van der Waals surface area contributed by atoms with Crippen molar-refractivity contribution in [3.05, 3.63) is 35.4 Å². The number of likely N-dealkylation sites (tertiary alicyclic amines) is 1. The van der Waals surface area contributed by atoms with Gasteiger partial charge >= 0.3 is 6.18 Å². The van der Waals surface area contributed by atoms with E-state index in [-0.39, 0.29) is 12.1 Å². The van der Waals surface area contributed by atoms with Crippen LogP contribution >= 0.6 is 0 Å². The Labute approximate surface area is 128 Å². The third-order valence-electron chi connectivity index (χ3n) is 3.81. The molecule has 0 bridgehead atoms. The van der Waals surface area contributed by atoms with Gasteiger partial charge < -0.3 is 9.84 Å². The van der Waals surface area contributed by atoms with E-state index in [1.54, 1.807) is 6.07 Å². The van der Waals surface area contributed by atoms with Crippen molar-refractivity contribution in [1.29, 1.82) is 0 Å². The van der Waals surface area contributed by atoms with Crippen molar-refractivity contribution in [3.63, 3.8) is 0 Å². The van der Waals surface area contributed by atoms with Gasteiger partial charge in [-0.25, -0.2) is 0 Å². The summed E-state index contributed by atoms with van der Waals surface area (Å²) in [7, 11) is 0. The summed E-state index contributed by atoms with van der Waals surface area (Å²) in [6, 6.07) is 5.16. The van der Waals surface area contributed by atoms with Gasteiger partial charge in [-0.1, -0.05) is 12.1 Å². The van der Waals surface area contributed by atoms with Crippen LogP contribution in [0, 0.1) is 0 Å². The van der Waals surface area contributed by atoms with Gasteiger partial charge in [0.25, 0.3) is 0 Å². The molecule has 1 fully saturated rings. The number of rotatable bonds is 5. The van der Waals surface area contributed by atoms with Gasteiger partial charge in [-0.05, 0) is 38.0 Å². The highest BCUT2D eigenvalue weighted by Crippen LogP contribution is 2.35. The summed E-state index contributed by atoms with van der Waals surface area (Å²) >= 11 is 0. The maximum absolute atomic E-state index is 12.8. The Morgan fingerprint density at radius 2 is 2.09 bits per heavy atom. The fourth-order valence-electron chi connectivity index (χ4n) is 2.80. The van der Waals surface area contributed by atoms with Gasteiger partial charge in [0.05, 0.1) is 24.4 Å². The summed E-state index contributed by atoms with van der Waals surface area (Å²) in [4.78, 5) is 1.99. The minimum atomic E-state index is -4.35. The number of alkyl halides is 3. The number of hydrogen-bond donors (Lipinski definition) is 1. The second-order valence-electron chi connectivity index (χ2n) is 5.94. The Morgan fingerprint density at radius 3 is 2.73 bits per heavy atom. The number of halogens is 3. The Kier molecular flexibility index (Phi) is 5.47. The van der Waals surface area contributed by atoms with E-state index in [0.29, 0.717) is 31.7 Å². The topological polar surface area (TPSA) is 32.7 Å². The highest BCUT2D eigenvalue weighted by atomic mass is 19.4. The summed E-state index contributed by atoms with van der Waals surface area (Å²) in [6.07, 6.45) is -4.31. The molecule has 1 aliphatic heterocycles.